The second-order valence-corrected chi connectivity index (χ2v) is 7.96. The Morgan fingerprint density at radius 3 is 2.94 bits per heavy atom. The second kappa shape index (κ2) is 8.38. The summed E-state index contributed by atoms with van der Waals surface area (Å²) in [5, 5.41) is 14.6. The predicted molar refractivity (Wildman–Crippen MR) is 116 cm³/mol. The molecular weight excluding hydrogens is 456 g/mol. The average Bonchev–Trinajstić information content (AvgIpc) is 3.38. The molecule has 1 saturated heterocycles. The summed E-state index contributed by atoms with van der Waals surface area (Å²) >= 11 is 0. The van der Waals surface area contributed by atoms with Crippen LogP contribution in [0.4, 0.5) is 23.5 Å². The van der Waals surface area contributed by atoms with Gasteiger partial charge in [-0.2, -0.15) is 4.98 Å². The number of fused-ring (bicyclic) bond motifs is 2. The molecule has 13 heteroatoms. The van der Waals surface area contributed by atoms with Crippen LogP contribution in [0.5, 0.6) is 5.88 Å². The van der Waals surface area contributed by atoms with Crippen molar-refractivity contribution >= 4 is 22.5 Å². The van der Waals surface area contributed by atoms with Crippen LogP contribution in [0, 0.1) is 5.82 Å². The van der Waals surface area contributed by atoms with Crippen LogP contribution in [-0.4, -0.2) is 80.3 Å². The fourth-order valence-electron chi connectivity index (χ4n) is 4.14. The van der Waals surface area contributed by atoms with Gasteiger partial charge in [0.05, 0.1) is 43.5 Å². The number of alkyl halides is 3. The lowest BCUT2D eigenvalue weighted by Crippen LogP contribution is -2.53. The normalized spacial score (nSPS) is 20.3. The van der Waals surface area contributed by atoms with Crippen molar-refractivity contribution in [2.45, 2.75) is 24.9 Å². The number of piperidine rings is 1. The van der Waals surface area contributed by atoms with E-state index in [1.165, 1.54) is 11.8 Å². The van der Waals surface area contributed by atoms with Crippen LogP contribution in [0.2, 0.25) is 0 Å². The molecular formula is C21H22F4N8O. The summed E-state index contributed by atoms with van der Waals surface area (Å²) in [5.74, 6) is -4.38. The zero-order valence-electron chi connectivity index (χ0n) is 21.0. The third-order valence-electron chi connectivity index (χ3n) is 5.75. The van der Waals surface area contributed by atoms with Crippen LogP contribution in [0.15, 0.2) is 24.4 Å². The summed E-state index contributed by atoms with van der Waals surface area (Å²) in [6.07, 6.45) is 0.887. The molecule has 0 saturated carbocycles. The number of methoxy groups -OCH3 is 1. The van der Waals surface area contributed by atoms with Gasteiger partial charge in [-0.25, -0.2) is 26.8 Å². The van der Waals surface area contributed by atoms with Crippen LogP contribution >= 0.6 is 0 Å². The summed E-state index contributed by atoms with van der Waals surface area (Å²) in [5.41, 5.74) is 1.65. The number of anilines is 1. The van der Waals surface area contributed by atoms with Crippen molar-refractivity contribution in [3.63, 3.8) is 0 Å². The highest BCUT2D eigenvalue weighted by molar-refractivity contribution is 5.89. The molecule has 0 aliphatic carbocycles. The SMILES string of the molecule is [2H]C([2H])([2H])N1CC[C@@H](Nc2nc(OC)c3c(-c4ccc5nnn(CCF)c5c4)c(F)cn3n2)C(F)(F)C1. The van der Waals surface area contributed by atoms with Gasteiger partial charge in [0.2, 0.25) is 11.8 Å². The molecule has 34 heavy (non-hydrogen) atoms. The molecule has 1 aromatic carbocycles. The Bertz CT molecular complexity index is 1460. The number of hydrogen-bond acceptors (Lipinski definition) is 7. The van der Waals surface area contributed by atoms with Gasteiger partial charge in [-0.05, 0) is 31.1 Å². The number of hydrogen-bond donors (Lipinski definition) is 1. The first-order chi connectivity index (χ1) is 17.5. The molecule has 180 valence electrons. The van der Waals surface area contributed by atoms with E-state index < -0.39 is 38.0 Å². The largest absolute Gasteiger partial charge is 0.479 e. The number of nitrogens with zero attached hydrogens (tertiary/aromatic N) is 7. The summed E-state index contributed by atoms with van der Waals surface area (Å²) in [4.78, 5) is 4.92. The molecule has 4 aromatic rings. The lowest BCUT2D eigenvalue weighted by molar-refractivity contribution is -0.0675. The molecule has 1 aliphatic heterocycles. The highest BCUT2D eigenvalue weighted by Crippen LogP contribution is 2.36. The summed E-state index contributed by atoms with van der Waals surface area (Å²) in [6, 6.07) is 3.39. The summed E-state index contributed by atoms with van der Waals surface area (Å²) < 4.78 is 87.7. The third-order valence-corrected chi connectivity index (χ3v) is 5.75. The van der Waals surface area contributed by atoms with E-state index >= 15 is 4.39 Å². The van der Waals surface area contributed by atoms with Gasteiger partial charge in [0.15, 0.2) is 5.82 Å². The number of nitrogens with one attached hydrogen (secondary N) is 1. The maximum absolute atomic E-state index is 15.2. The smallest absolute Gasteiger partial charge is 0.280 e. The number of aromatic nitrogens is 6. The van der Waals surface area contributed by atoms with Crippen molar-refractivity contribution < 1.29 is 26.4 Å². The van der Waals surface area contributed by atoms with Gasteiger partial charge in [-0.1, -0.05) is 11.3 Å². The van der Waals surface area contributed by atoms with Crippen LogP contribution < -0.4 is 10.1 Å². The van der Waals surface area contributed by atoms with Crippen molar-refractivity contribution in [3.8, 4) is 17.0 Å². The Morgan fingerprint density at radius 2 is 2.21 bits per heavy atom. The van der Waals surface area contributed by atoms with Gasteiger partial charge in [0, 0.05) is 10.7 Å². The fraction of sp³-hybridized carbons (Fsp3) is 0.429. The quantitative estimate of drug-likeness (QED) is 0.424. The molecule has 0 spiro atoms. The average molecular weight is 481 g/mol. The maximum Gasteiger partial charge on any atom is 0.280 e. The van der Waals surface area contributed by atoms with Crippen LogP contribution in [0.1, 0.15) is 10.5 Å². The van der Waals surface area contributed by atoms with E-state index in [1.807, 2.05) is 0 Å². The predicted octanol–water partition coefficient (Wildman–Crippen LogP) is 3.01. The Balaban J connectivity index is 1.51. The molecule has 3 aromatic heterocycles. The fourth-order valence-corrected chi connectivity index (χ4v) is 4.14. The number of rotatable bonds is 6. The maximum atomic E-state index is 15.2. The minimum Gasteiger partial charge on any atom is -0.479 e. The van der Waals surface area contributed by atoms with E-state index in [-0.39, 0.29) is 42.4 Å². The molecule has 1 fully saturated rings. The van der Waals surface area contributed by atoms with Crippen LogP contribution in [0.3, 0.4) is 0 Å². The summed E-state index contributed by atoms with van der Waals surface area (Å²) in [6.45, 7) is -4.34. The lowest BCUT2D eigenvalue weighted by atomic mass is 10.0. The Hall–Kier alpha value is -3.48. The Labute approximate surface area is 195 Å². The molecule has 4 heterocycles. The number of likely N-dealkylation sites (tertiary alicyclic amines) is 1. The van der Waals surface area contributed by atoms with E-state index in [1.54, 1.807) is 18.2 Å². The zero-order valence-corrected chi connectivity index (χ0v) is 18.0. The standard InChI is InChI=1S/C21H22F4N8O/c1-31-7-5-16(21(24,25)11-31)26-20-27-19(34-2)18-17(13(23)10-33(18)29-20)12-3-4-14-15(9-12)32(8-6-22)30-28-14/h3-4,9-10,16H,5-8,11H2,1-2H3,(H,26,29)/t16-/m1/s1/i1D3. The molecule has 9 nitrogen and oxygen atoms in total. The number of ether oxygens (including phenoxy) is 1. The number of benzene rings is 1. The first-order valence-electron chi connectivity index (χ1n) is 11.9. The van der Waals surface area contributed by atoms with E-state index in [2.05, 4.69) is 25.7 Å². The molecule has 0 radical (unpaired) electrons. The topological polar surface area (TPSA) is 85.4 Å². The van der Waals surface area contributed by atoms with E-state index in [4.69, 9.17) is 8.85 Å². The van der Waals surface area contributed by atoms with Gasteiger partial charge >= 0.3 is 0 Å². The highest BCUT2D eigenvalue weighted by Gasteiger charge is 2.44. The molecule has 1 aliphatic rings. The van der Waals surface area contributed by atoms with Crippen molar-refractivity contribution in [3.05, 3.63) is 30.2 Å². The van der Waals surface area contributed by atoms with Crippen LogP contribution in [-0.2, 0) is 6.54 Å². The third kappa shape index (κ3) is 3.79. The van der Waals surface area contributed by atoms with Crippen molar-refractivity contribution in [1.29, 1.82) is 0 Å². The molecule has 0 bridgehead atoms. The first-order valence-corrected chi connectivity index (χ1v) is 10.4. The monoisotopic (exact) mass is 481 g/mol. The van der Waals surface area contributed by atoms with E-state index in [0.717, 1.165) is 15.6 Å². The van der Waals surface area contributed by atoms with Gasteiger partial charge in [0.25, 0.3) is 5.92 Å². The van der Waals surface area contributed by atoms with Crippen molar-refractivity contribution in [2.75, 3.05) is 39.2 Å². The first kappa shape index (κ1) is 18.9. The number of halogens is 4. The minimum absolute atomic E-state index is 0.0175. The lowest BCUT2D eigenvalue weighted by Gasteiger charge is -2.36. The second-order valence-electron chi connectivity index (χ2n) is 7.96. The van der Waals surface area contributed by atoms with Gasteiger partial charge in [-0.3, -0.25) is 0 Å². The van der Waals surface area contributed by atoms with Crippen LogP contribution in [0.25, 0.3) is 27.7 Å². The Kier molecular flexibility index (Phi) is 4.66. The molecule has 5 rings (SSSR count). The van der Waals surface area contributed by atoms with E-state index in [0.29, 0.717) is 16.6 Å². The minimum atomic E-state index is -3.39. The van der Waals surface area contributed by atoms with Gasteiger partial charge in [0.1, 0.15) is 17.7 Å². The number of aryl methyl sites for hydroxylation is 1. The molecule has 0 unspecified atom stereocenters. The molecule has 1 atom stereocenters. The molecule has 0 amide bonds. The Morgan fingerprint density at radius 1 is 1.35 bits per heavy atom. The van der Waals surface area contributed by atoms with Crippen molar-refractivity contribution in [2.24, 2.45) is 0 Å². The summed E-state index contributed by atoms with van der Waals surface area (Å²) in [7, 11) is 1.30. The molecule has 1 N–H and O–H groups in total. The van der Waals surface area contributed by atoms with Crippen molar-refractivity contribution in [1.82, 2.24) is 34.5 Å². The van der Waals surface area contributed by atoms with Gasteiger partial charge < -0.3 is 15.0 Å². The van der Waals surface area contributed by atoms with E-state index in [9.17, 15) is 13.2 Å². The highest BCUT2D eigenvalue weighted by atomic mass is 19.3. The van der Waals surface area contributed by atoms with Gasteiger partial charge in [-0.15, -0.1) is 10.2 Å². The zero-order chi connectivity index (χ0) is 26.5.